The number of carbonyl (C=O) groups is 1. The average Bonchev–Trinajstić information content (AvgIpc) is 3.64. The molecule has 11 heteroatoms. The van der Waals surface area contributed by atoms with Crippen LogP contribution in [0.15, 0.2) is 31.1 Å². The zero-order chi connectivity index (χ0) is 31.1. The number of halogens is 2. The second-order valence-corrected chi connectivity index (χ2v) is 12.7. The summed E-state index contributed by atoms with van der Waals surface area (Å²) < 4.78 is 39.2. The van der Waals surface area contributed by atoms with Gasteiger partial charge in [0.15, 0.2) is 5.82 Å². The third-order valence-electron chi connectivity index (χ3n) is 10.2. The number of nitriles is 1. The zero-order valence-electron chi connectivity index (χ0n) is 25.4. The van der Waals surface area contributed by atoms with Crippen LogP contribution in [0.25, 0.3) is 22.0 Å². The van der Waals surface area contributed by atoms with E-state index in [1.54, 1.807) is 17.3 Å². The second kappa shape index (κ2) is 12.0. The van der Waals surface area contributed by atoms with Crippen molar-refractivity contribution in [3.8, 4) is 23.2 Å². The molecule has 0 spiro atoms. The number of hydrogen-bond donors (Lipinski definition) is 0. The molecule has 0 N–H and O–H groups in total. The Bertz CT molecular complexity index is 1700. The monoisotopic (exact) mass is 613 g/mol. The van der Waals surface area contributed by atoms with Crippen LogP contribution < -0.4 is 9.64 Å². The van der Waals surface area contributed by atoms with Crippen molar-refractivity contribution in [1.82, 2.24) is 24.8 Å². The normalized spacial score (nSPS) is 21.0. The smallest absolute Gasteiger partial charge is 0.319 e. The zero-order valence-corrected chi connectivity index (χ0v) is 25.4. The fraction of sp³-hybridized carbons (Fsp3) is 0.500. The number of nitrogens with zero attached hydrogens (tertiary/aromatic N) is 7. The predicted molar refractivity (Wildman–Crippen MR) is 166 cm³/mol. The number of piperazine rings is 1. The van der Waals surface area contributed by atoms with E-state index in [0.29, 0.717) is 31.1 Å². The molecule has 5 heterocycles. The maximum absolute atomic E-state index is 16.7. The van der Waals surface area contributed by atoms with Crippen molar-refractivity contribution in [3.05, 3.63) is 53.9 Å². The van der Waals surface area contributed by atoms with Gasteiger partial charge in [-0.25, -0.2) is 8.78 Å². The number of hydrogen-bond acceptors (Lipinski definition) is 8. The quantitative estimate of drug-likeness (QED) is 0.345. The van der Waals surface area contributed by atoms with Gasteiger partial charge < -0.3 is 14.5 Å². The first-order chi connectivity index (χ1) is 21.9. The van der Waals surface area contributed by atoms with E-state index in [4.69, 9.17) is 9.72 Å². The largest absolute Gasteiger partial charge is 0.461 e. The number of anilines is 1. The fourth-order valence-electron chi connectivity index (χ4n) is 7.98. The Hall–Kier alpha value is -4.17. The maximum atomic E-state index is 16.7. The number of pyridine rings is 1. The van der Waals surface area contributed by atoms with E-state index in [2.05, 4.69) is 27.5 Å². The summed E-state index contributed by atoms with van der Waals surface area (Å²) in [5, 5.41) is 9.74. The van der Waals surface area contributed by atoms with Gasteiger partial charge in [-0.3, -0.25) is 14.7 Å². The number of fused-ring (bicyclic) bond motifs is 3. The summed E-state index contributed by atoms with van der Waals surface area (Å²) in [4.78, 5) is 32.2. The van der Waals surface area contributed by atoms with Crippen LogP contribution in [0, 0.1) is 23.0 Å². The predicted octanol–water partition coefficient (Wildman–Crippen LogP) is 4.97. The number of rotatable bonds is 7. The van der Waals surface area contributed by atoms with Crippen LogP contribution in [-0.4, -0.2) is 81.6 Å². The van der Waals surface area contributed by atoms with Crippen LogP contribution in [0.5, 0.6) is 6.01 Å². The lowest BCUT2D eigenvalue weighted by atomic mass is 9.87. The highest BCUT2D eigenvalue weighted by molar-refractivity contribution is 5.94. The lowest BCUT2D eigenvalue weighted by Gasteiger charge is -2.41. The topological polar surface area (TPSA) is 98.5 Å². The highest BCUT2D eigenvalue weighted by atomic mass is 19.1. The molecule has 4 aliphatic rings. The number of carbonyl (C=O) groups excluding carboxylic acids is 1. The first kappa shape index (κ1) is 29.5. The molecule has 1 atom stereocenters. The van der Waals surface area contributed by atoms with Gasteiger partial charge in [0.05, 0.1) is 29.6 Å². The number of aryl methyl sites for hydroxylation is 1. The average molecular weight is 614 g/mol. The molecule has 3 aliphatic heterocycles. The third-order valence-corrected chi connectivity index (χ3v) is 10.2. The lowest BCUT2D eigenvalue weighted by molar-refractivity contribution is -0.128. The first-order valence-electron chi connectivity index (χ1n) is 16.0. The standard InChI is InChI=1S/C34H37F2N7O2/c1-2-28(44)43-16-15-41(20-23(43)9-12-37)32-25-17-27(35)29(26-19-38-18-22-7-3-4-8-24(22)26)30(36)31(25)39-33(40-32)45-21-34-10-5-13-42(34)14-6-11-34/h2,17-19,23H,1,3-11,13-16,20-21H2/t23-/m0/s1. The van der Waals surface area contributed by atoms with E-state index >= 15 is 8.78 Å². The molecule has 7 rings (SSSR count). The van der Waals surface area contributed by atoms with Crippen molar-refractivity contribution in [2.24, 2.45) is 0 Å². The Kier molecular flexibility index (Phi) is 7.86. The van der Waals surface area contributed by atoms with Crippen molar-refractivity contribution >= 4 is 22.6 Å². The minimum Gasteiger partial charge on any atom is -0.461 e. The number of amides is 1. The van der Waals surface area contributed by atoms with Crippen molar-refractivity contribution < 1.29 is 18.3 Å². The summed E-state index contributed by atoms with van der Waals surface area (Å²) in [6, 6.07) is 3.07. The molecule has 0 saturated carbocycles. The Labute approximate surface area is 261 Å². The summed E-state index contributed by atoms with van der Waals surface area (Å²) in [5.74, 6) is -1.41. The molecule has 3 saturated heterocycles. The molecule has 3 fully saturated rings. The van der Waals surface area contributed by atoms with E-state index in [1.807, 2.05) is 4.90 Å². The first-order valence-corrected chi connectivity index (χ1v) is 16.0. The van der Waals surface area contributed by atoms with Crippen molar-refractivity contribution in [3.63, 3.8) is 0 Å². The van der Waals surface area contributed by atoms with Crippen LogP contribution in [-0.2, 0) is 17.6 Å². The van der Waals surface area contributed by atoms with Crippen LogP contribution >= 0.6 is 0 Å². The molecule has 1 aromatic carbocycles. The lowest BCUT2D eigenvalue weighted by Crippen LogP contribution is -2.55. The summed E-state index contributed by atoms with van der Waals surface area (Å²) in [7, 11) is 0. The summed E-state index contributed by atoms with van der Waals surface area (Å²) in [5.41, 5.74) is 2.19. The molecule has 0 radical (unpaired) electrons. The highest BCUT2D eigenvalue weighted by Gasteiger charge is 2.45. The number of aromatic nitrogens is 3. The van der Waals surface area contributed by atoms with Gasteiger partial charge in [0.1, 0.15) is 23.8 Å². The van der Waals surface area contributed by atoms with E-state index in [9.17, 15) is 10.1 Å². The molecular formula is C34H37F2N7O2. The molecule has 9 nitrogen and oxygen atoms in total. The van der Waals surface area contributed by atoms with Gasteiger partial charge in [-0.15, -0.1) is 0 Å². The Morgan fingerprint density at radius 3 is 2.69 bits per heavy atom. The van der Waals surface area contributed by atoms with Crippen LogP contribution in [0.2, 0.25) is 0 Å². The van der Waals surface area contributed by atoms with Crippen LogP contribution in [0.4, 0.5) is 14.6 Å². The summed E-state index contributed by atoms with van der Waals surface area (Å²) >= 11 is 0. The third kappa shape index (κ3) is 5.19. The van der Waals surface area contributed by atoms with E-state index in [0.717, 1.165) is 75.6 Å². The van der Waals surface area contributed by atoms with E-state index in [-0.39, 0.29) is 46.9 Å². The second-order valence-electron chi connectivity index (χ2n) is 12.7. The number of benzene rings is 1. The maximum Gasteiger partial charge on any atom is 0.319 e. The van der Waals surface area contributed by atoms with E-state index in [1.165, 1.54) is 12.1 Å². The van der Waals surface area contributed by atoms with E-state index < -0.39 is 17.7 Å². The number of ether oxygens (including phenoxy) is 1. The van der Waals surface area contributed by atoms with Gasteiger partial charge >= 0.3 is 6.01 Å². The molecule has 1 amide bonds. The molecule has 3 aromatic rings. The Morgan fingerprint density at radius 2 is 1.91 bits per heavy atom. The molecule has 1 aliphatic carbocycles. The molecule has 0 unspecified atom stereocenters. The van der Waals surface area contributed by atoms with Crippen molar-refractivity contribution in [1.29, 1.82) is 5.26 Å². The minimum atomic E-state index is -0.769. The highest BCUT2D eigenvalue weighted by Crippen LogP contribution is 2.41. The SMILES string of the molecule is C=CC(=O)N1CCN(c2nc(OCC34CCCN3CCC4)nc3c(F)c(-c4cncc5c4CCCC5)c(F)cc23)C[C@@H]1CC#N. The van der Waals surface area contributed by atoms with Gasteiger partial charge in [0.2, 0.25) is 5.91 Å². The van der Waals surface area contributed by atoms with Gasteiger partial charge in [-0.1, -0.05) is 6.58 Å². The summed E-state index contributed by atoms with van der Waals surface area (Å²) in [6.45, 7) is 6.98. The van der Waals surface area contributed by atoms with Gasteiger partial charge in [-0.2, -0.15) is 15.2 Å². The minimum absolute atomic E-state index is 0.0200. The molecule has 234 valence electrons. The van der Waals surface area contributed by atoms with Gasteiger partial charge in [0, 0.05) is 43.0 Å². The fourth-order valence-corrected chi connectivity index (χ4v) is 7.98. The molecule has 45 heavy (non-hydrogen) atoms. The molecular weight excluding hydrogens is 576 g/mol. The molecule has 0 bridgehead atoms. The van der Waals surface area contributed by atoms with Crippen molar-refractivity contribution in [2.45, 2.75) is 69.4 Å². The van der Waals surface area contributed by atoms with Crippen LogP contribution in [0.3, 0.4) is 0 Å². The van der Waals surface area contributed by atoms with Crippen molar-refractivity contribution in [2.75, 3.05) is 44.2 Å². The summed E-state index contributed by atoms with van der Waals surface area (Å²) in [6.07, 6.45) is 12.5. The molecule has 2 aromatic heterocycles. The van der Waals surface area contributed by atoms with Crippen LogP contribution in [0.1, 0.15) is 56.1 Å². The van der Waals surface area contributed by atoms with Gasteiger partial charge in [0.25, 0.3) is 0 Å². The Balaban J connectivity index is 1.33. The van der Waals surface area contributed by atoms with Gasteiger partial charge in [-0.05, 0) is 87.7 Å². The Morgan fingerprint density at radius 1 is 1.11 bits per heavy atom.